The van der Waals surface area contributed by atoms with Crippen LogP contribution in [0.1, 0.15) is 30.7 Å². The quantitative estimate of drug-likeness (QED) is 0.440. The lowest BCUT2D eigenvalue weighted by molar-refractivity contribution is -0.274. The Morgan fingerprint density at radius 1 is 1.05 bits per heavy atom. The number of likely N-dealkylation sites (N-methyl/N-ethyl adjacent to an activating group) is 1. The van der Waals surface area contributed by atoms with Crippen LogP contribution in [0.5, 0.6) is 5.75 Å². The Labute approximate surface area is 213 Å². The minimum Gasteiger partial charge on any atom is -0.406 e. The van der Waals surface area contributed by atoms with E-state index in [-0.39, 0.29) is 34.5 Å². The first-order valence-corrected chi connectivity index (χ1v) is 13.0. The van der Waals surface area contributed by atoms with Crippen LogP contribution in [0.25, 0.3) is 0 Å². The second-order valence-electron chi connectivity index (χ2n) is 8.99. The van der Waals surface area contributed by atoms with Crippen LogP contribution >= 0.6 is 0 Å². The molecule has 1 saturated carbocycles. The highest BCUT2D eigenvalue weighted by atomic mass is 32.2. The van der Waals surface area contributed by atoms with Crippen molar-refractivity contribution in [3.63, 3.8) is 0 Å². The second kappa shape index (κ2) is 10.9. The van der Waals surface area contributed by atoms with Crippen LogP contribution in [-0.2, 0) is 10.0 Å². The summed E-state index contributed by atoms with van der Waals surface area (Å²) in [5.41, 5.74) is 0.802. The molecule has 198 valence electrons. The lowest BCUT2D eigenvalue weighted by Crippen LogP contribution is -2.47. The molecule has 0 amide bonds. The van der Waals surface area contributed by atoms with E-state index < -0.39 is 16.4 Å². The van der Waals surface area contributed by atoms with Crippen molar-refractivity contribution in [2.45, 2.75) is 48.5 Å². The molecule has 2 N–H and O–H groups in total. The Balaban J connectivity index is 1.42. The first kappa shape index (κ1) is 26.6. The minimum absolute atomic E-state index is 0.00881. The van der Waals surface area contributed by atoms with E-state index in [1.54, 1.807) is 12.1 Å². The Morgan fingerprint density at radius 2 is 1.86 bits per heavy atom. The van der Waals surface area contributed by atoms with Crippen molar-refractivity contribution in [2.75, 3.05) is 24.1 Å². The van der Waals surface area contributed by atoms with Crippen LogP contribution in [0.15, 0.2) is 66.1 Å². The summed E-state index contributed by atoms with van der Waals surface area (Å²) in [5.74, 6) is 0.519. The first-order chi connectivity index (χ1) is 17.5. The predicted octanol–water partition coefficient (Wildman–Crippen LogP) is 4.25. The van der Waals surface area contributed by atoms with Crippen molar-refractivity contribution in [1.82, 2.24) is 19.9 Å². The highest BCUT2D eigenvalue weighted by Crippen LogP contribution is 2.37. The Hall–Kier alpha value is -3.45. The number of nitrogens with one attached hydrogen (secondary N) is 2. The van der Waals surface area contributed by atoms with Gasteiger partial charge < -0.3 is 15.0 Å². The third-order valence-electron chi connectivity index (χ3n) is 6.24. The molecule has 4 rings (SSSR count). The van der Waals surface area contributed by atoms with Gasteiger partial charge in [-0.25, -0.2) is 23.4 Å². The first-order valence-electron chi connectivity index (χ1n) is 11.5. The number of alkyl halides is 3. The number of sulfonamides is 1. The summed E-state index contributed by atoms with van der Waals surface area (Å²) in [6.07, 6.45) is 1.43. The molecule has 3 aromatic rings. The van der Waals surface area contributed by atoms with Gasteiger partial charge in [0.05, 0.1) is 0 Å². The highest BCUT2D eigenvalue weighted by molar-refractivity contribution is 7.92. The van der Waals surface area contributed by atoms with E-state index >= 15 is 0 Å². The van der Waals surface area contributed by atoms with Crippen molar-refractivity contribution in [1.29, 1.82) is 0 Å². The Kier molecular flexibility index (Phi) is 7.83. The lowest BCUT2D eigenvalue weighted by Gasteiger charge is -2.40. The van der Waals surface area contributed by atoms with Gasteiger partial charge in [-0.05, 0) is 75.2 Å². The zero-order chi connectivity index (χ0) is 26.6. The summed E-state index contributed by atoms with van der Waals surface area (Å²) in [7, 11) is 0.0426. The molecule has 0 spiro atoms. The van der Waals surface area contributed by atoms with Crippen LogP contribution in [0, 0.1) is 0 Å². The predicted molar refractivity (Wildman–Crippen MR) is 132 cm³/mol. The van der Waals surface area contributed by atoms with E-state index in [2.05, 4.69) is 34.6 Å². The average Bonchev–Trinajstić information content (AvgIpc) is 2.84. The molecule has 1 fully saturated rings. The Bertz CT molecular complexity index is 1290. The summed E-state index contributed by atoms with van der Waals surface area (Å²) in [6.45, 7) is 0. The lowest BCUT2D eigenvalue weighted by atomic mass is 9.78. The fourth-order valence-corrected chi connectivity index (χ4v) is 5.47. The number of hydrogen-bond donors (Lipinski definition) is 2. The molecule has 2 heterocycles. The van der Waals surface area contributed by atoms with Gasteiger partial charge in [0.1, 0.15) is 28.6 Å². The van der Waals surface area contributed by atoms with Gasteiger partial charge in [-0.2, -0.15) is 0 Å². The number of benzene rings is 1. The van der Waals surface area contributed by atoms with E-state index in [9.17, 15) is 21.6 Å². The third kappa shape index (κ3) is 7.07. The van der Waals surface area contributed by atoms with Crippen LogP contribution in [0.4, 0.5) is 24.8 Å². The van der Waals surface area contributed by atoms with Gasteiger partial charge in [0.25, 0.3) is 10.0 Å². The largest absolute Gasteiger partial charge is 0.573 e. The molecule has 3 unspecified atom stereocenters. The molecule has 2 aromatic heterocycles. The highest BCUT2D eigenvalue weighted by Gasteiger charge is 2.34. The molecular weight excluding hydrogens is 509 g/mol. The van der Waals surface area contributed by atoms with Gasteiger partial charge in [-0.15, -0.1) is 13.2 Å². The molecule has 37 heavy (non-hydrogen) atoms. The summed E-state index contributed by atoms with van der Waals surface area (Å²) in [6, 6.07) is 10.7. The number of anilines is 2. The topological polar surface area (TPSA) is 109 Å². The molecule has 3 atom stereocenters. The molecule has 1 aromatic carbocycles. The van der Waals surface area contributed by atoms with Crippen molar-refractivity contribution < 1.29 is 26.3 Å². The maximum atomic E-state index is 12.6. The standard InChI is InChI=1S/C24H27F3N6O3S/c1-33(2)21-13-17(16-4-3-5-18(12-16)36-24(25,26)27)6-8-20(21)31-22-9-7-19(14-29-22)37(34,35)32-23-10-11-28-15-30-23/h3-5,7,9-12,14-15,17,20-21H,6,8,13H2,1-2H3,(H,29,31)(H,28,30,32). The average molecular weight is 537 g/mol. The van der Waals surface area contributed by atoms with Gasteiger partial charge in [-0.3, -0.25) is 4.72 Å². The van der Waals surface area contributed by atoms with Crippen molar-refractivity contribution >= 4 is 21.7 Å². The smallest absolute Gasteiger partial charge is 0.406 e. The zero-order valence-electron chi connectivity index (χ0n) is 20.2. The molecule has 1 aliphatic rings. The van der Waals surface area contributed by atoms with Crippen LogP contribution < -0.4 is 14.8 Å². The fraction of sp³-hybridized carbons (Fsp3) is 0.375. The van der Waals surface area contributed by atoms with Crippen molar-refractivity contribution in [3.05, 3.63) is 66.7 Å². The number of halogens is 3. The molecular formula is C24H27F3N6O3S. The number of hydrogen-bond acceptors (Lipinski definition) is 8. The summed E-state index contributed by atoms with van der Waals surface area (Å²) in [4.78, 5) is 14.0. The molecule has 0 bridgehead atoms. The monoisotopic (exact) mass is 536 g/mol. The molecule has 9 nitrogen and oxygen atoms in total. The number of nitrogens with zero attached hydrogens (tertiary/aromatic N) is 4. The fourth-order valence-electron chi connectivity index (χ4n) is 4.52. The maximum Gasteiger partial charge on any atom is 0.573 e. The van der Waals surface area contributed by atoms with Gasteiger partial charge in [0.2, 0.25) is 0 Å². The van der Waals surface area contributed by atoms with Gasteiger partial charge >= 0.3 is 6.36 Å². The summed E-state index contributed by atoms with van der Waals surface area (Å²) in [5, 5.41) is 3.39. The number of rotatable bonds is 8. The third-order valence-corrected chi connectivity index (χ3v) is 7.58. The van der Waals surface area contributed by atoms with Crippen LogP contribution in [-0.4, -0.2) is 60.8 Å². The number of ether oxygens (including phenoxy) is 1. The van der Waals surface area contributed by atoms with Crippen LogP contribution in [0.3, 0.4) is 0 Å². The van der Waals surface area contributed by atoms with E-state index in [1.807, 2.05) is 20.2 Å². The summed E-state index contributed by atoms with van der Waals surface area (Å²) < 4.78 is 69.6. The number of aromatic nitrogens is 3. The molecule has 13 heteroatoms. The van der Waals surface area contributed by atoms with E-state index in [0.29, 0.717) is 5.82 Å². The van der Waals surface area contributed by atoms with Gasteiger partial charge in [0.15, 0.2) is 0 Å². The van der Waals surface area contributed by atoms with Crippen molar-refractivity contribution in [3.8, 4) is 5.75 Å². The SMILES string of the molecule is CN(C)C1CC(c2cccc(OC(F)(F)F)c2)CCC1Nc1ccc(S(=O)(=O)Nc2ccncn2)cn1. The summed E-state index contributed by atoms with van der Waals surface area (Å²) >= 11 is 0. The minimum atomic E-state index is -4.74. The Morgan fingerprint density at radius 3 is 2.51 bits per heavy atom. The van der Waals surface area contributed by atoms with Crippen molar-refractivity contribution in [2.24, 2.45) is 0 Å². The van der Waals surface area contributed by atoms with E-state index in [0.717, 1.165) is 24.8 Å². The molecule has 0 saturated heterocycles. The second-order valence-corrected chi connectivity index (χ2v) is 10.7. The van der Waals surface area contributed by atoms with Crippen LogP contribution in [0.2, 0.25) is 0 Å². The van der Waals surface area contributed by atoms with Gasteiger partial charge in [-0.1, -0.05) is 12.1 Å². The van der Waals surface area contributed by atoms with E-state index in [4.69, 9.17) is 0 Å². The maximum absolute atomic E-state index is 12.6. The normalized spacial score (nSPS) is 20.4. The van der Waals surface area contributed by atoms with Gasteiger partial charge in [0, 0.05) is 24.5 Å². The molecule has 0 aliphatic heterocycles. The molecule has 1 aliphatic carbocycles. The van der Waals surface area contributed by atoms with E-state index in [1.165, 1.54) is 43.0 Å². The molecule has 0 radical (unpaired) electrons. The number of pyridine rings is 1. The zero-order valence-corrected chi connectivity index (χ0v) is 21.0.